The zero-order chi connectivity index (χ0) is 11.1. The van der Waals surface area contributed by atoms with Crippen LogP contribution < -0.4 is 5.32 Å². The van der Waals surface area contributed by atoms with Crippen molar-refractivity contribution in [2.45, 2.75) is 59.5 Å². The van der Waals surface area contributed by atoms with Gasteiger partial charge in [0, 0.05) is 17.4 Å². The predicted octanol–water partition coefficient (Wildman–Crippen LogP) is 2.84. The number of rotatable bonds is 1. The molecular formula is C12H24N2. The van der Waals surface area contributed by atoms with Gasteiger partial charge in [0.2, 0.25) is 0 Å². The van der Waals surface area contributed by atoms with Gasteiger partial charge < -0.3 is 5.32 Å². The second-order valence-corrected chi connectivity index (χ2v) is 5.87. The van der Waals surface area contributed by atoms with Crippen LogP contribution >= 0.6 is 0 Å². The van der Waals surface area contributed by atoms with Crippen molar-refractivity contribution in [2.75, 3.05) is 0 Å². The number of aliphatic imine (C=N–C) groups is 1. The molecule has 1 heterocycles. The fourth-order valence-electron chi connectivity index (χ4n) is 2.03. The number of nitrogens with one attached hydrogen (secondary N) is 1. The molecule has 2 nitrogen and oxygen atoms in total. The van der Waals surface area contributed by atoms with Gasteiger partial charge in [0.25, 0.3) is 0 Å². The monoisotopic (exact) mass is 196 g/mol. The van der Waals surface area contributed by atoms with Crippen molar-refractivity contribution >= 4 is 5.84 Å². The first kappa shape index (κ1) is 11.5. The minimum absolute atomic E-state index is 0.0500. The van der Waals surface area contributed by atoms with Crippen LogP contribution in [0.1, 0.15) is 48.5 Å². The molecule has 0 bridgehead atoms. The summed E-state index contributed by atoms with van der Waals surface area (Å²) in [5.41, 5.74) is 0.194. The van der Waals surface area contributed by atoms with Crippen LogP contribution in [0.15, 0.2) is 4.99 Å². The zero-order valence-corrected chi connectivity index (χ0v) is 10.6. The Balaban J connectivity index is 3.06. The Morgan fingerprint density at radius 3 is 2.07 bits per heavy atom. The fourth-order valence-corrected chi connectivity index (χ4v) is 2.03. The molecule has 1 aliphatic heterocycles. The first-order chi connectivity index (χ1) is 6.17. The van der Waals surface area contributed by atoms with E-state index in [0.29, 0.717) is 11.8 Å². The average molecular weight is 196 g/mol. The first-order valence-corrected chi connectivity index (χ1v) is 5.55. The van der Waals surface area contributed by atoms with E-state index in [1.54, 1.807) is 0 Å². The molecule has 0 radical (unpaired) electrons. The SMILES string of the molecule is CC(C)C1=NC(C)(C)C(C)C(C)(C)N1. The molecule has 0 aromatic rings. The van der Waals surface area contributed by atoms with Crippen LogP contribution in [0.4, 0.5) is 0 Å². The summed E-state index contributed by atoms with van der Waals surface area (Å²) in [6.45, 7) is 15.6. The lowest BCUT2D eigenvalue weighted by Gasteiger charge is -2.47. The number of hydrogen-bond donors (Lipinski definition) is 1. The van der Waals surface area contributed by atoms with Crippen LogP contribution in [0, 0.1) is 11.8 Å². The third-order valence-corrected chi connectivity index (χ3v) is 3.55. The molecule has 0 saturated heterocycles. The van der Waals surface area contributed by atoms with E-state index in [1.807, 2.05) is 0 Å². The molecular weight excluding hydrogens is 172 g/mol. The molecule has 0 spiro atoms. The van der Waals surface area contributed by atoms with E-state index in [1.165, 1.54) is 0 Å². The molecule has 2 heteroatoms. The number of amidine groups is 1. The van der Waals surface area contributed by atoms with Crippen LogP contribution in [-0.4, -0.2) is 16.9 Å². The smallest absolute Gasteiger partial charge is 0.0999 e. The van der Waals surface area contributed by atoms with Crippen LogP contribution in [0.5, 0.6) is 0 Å². The number of hydrogen-bond acceptors (Lipinski definition) is 2. The zero-order valence-electron chi connectivity index (χ0n) is 10.6. The van der Waals surface area contributed by atoms with Gasteiger partial charge in [-0.25, -0.2) is 0 Å². The van der Waals surface area contributed by atoms with Crippen molar-refractivity contribution in [3.05, 3.63) is 0 Å². The Morgan fingerprint density at radius 2 is 1.71 bits per heavy atom. The normalized spacial score (nSPS) is 29.7. The molecule has 0 aliphatic carbocycles. The van der Waals surface area contributed by atoms with Gasteiger partial charge in [-0.1, -0.05) is 20.8 Å². The summed E-state index contributed by atoms with van der Waals surface area (Å²) >= 11 is 0. The molecule has 1 atom stereocenters. The Hall–Kier alpha value is -0.530. The topological polar surface area (TPSA) is 24.4 Å². The first-order valence-electron chi connectivity index (χ1n) is 5.55. The van der Waals surface area contributed by atoms with Gasteiger partial charge in [-0.3, -0.25) is 4.99 Å². The van der Waals surface area contributed by atoms with E-state index in [2.05, 4.69) is 53.8 Å². The van der Waals surface area contributed by atoms with Crippen molar-refractivity contribution in [3.63, 3.8) is 0 Å². The van der Waals surface area contributed by atoms with Gasteiger partial charge in [0.1, 0.15) is 0 Å². The summed E-state index contributed by atoms with van der Waals surface area (Å²) in [5.74, 6) is 2.18. The summed E-state index contributed by atoms with van der Waals surface area (Å²) < 4.78 is 0. The minimum atomic E-state index is 0.0500. The van der Waals surface area contributed by atoms with E-state index in [4.69, 9.17) is 4.99 Å². The van der Waals surface area contributed by atoms with E-state index in [9.17, 15) is 0 Å². The second kappa shape index (κ2) is 3.25. The summed E-state index contributed by atoms with van der Waals surface area (Å²) in [6, 6.07) is 0. The molecule has 0 fully saturated rings. The summed E-state index contributed by atoms with van der Waals surface area (Å²) in [4.78, 5) is 4.80. The van der Waals surface area contributed by atoms with Crippen LogP contribution in [0.25, 0.3) is 0 Å². The molecule has 14 heavy (non-hydrogen) atoms. The Morgan fingerprint density at radius 1 is 1.21 bits per heavy atom. The van der Waals surface area contributed by atoms with Crippen molar-refractivity contribution in [3.8, 4) is 0 Å². The Bertz CT molecular complexity index is 249. The summed E-state index contributed by atoms with van der Waals surface area (Å²) in [6.07, 6.45) is 0. The summed E-state index contributed by atoms with van der Waals surface area (Å²) in [5, 5.41) is 3.55. The predicted molar refractivity (Wildman–Crippen MR) is 62.7 cm³/mol. The molecule has 1 aliphatic rings. The third-order valence-electron chi connectivity index (χ3n) is 3.55. The molecule has 1 rings (SSSR count). The lowest BCUT2D eigenvalue weighted by Crippen LogP contribution is -2.59. The lowest BCUT2D eigenvalue weighted by atomic mass is 9.74. The maximum Gasteiger partial charge on any atom is 0.0999 e. The third kappa shape index (κ3) is 1.94. The molecule has 0 amide bonds. The lowest BCUT2D eigenvalue weighted by molar-refractivity contribution is 0.189. The van der Waals surface area contributed by atoms with E-state index in [0.717, 1.165) is 5.84 Å². The van der Waals surface area contributed by atoms with E-state index in [-0.39, 0.29) is 11.1 Å². The maximum atomic E-state index is 4.80. The maximum absolute atomic E-state index is 4.80. The van der Waals surface area contributed by atoms with Crippen LogP contribution in [-0.2, 0) is 0 Å². The highest BCUT2D eigenvalue weighted by atomic mass is 15.1. The van der Waals surface area contributed by atoms with Gasteiger partial charge in [-0.15, -0.1) is 0 Å². The second-order valence-electron chi connectivity index (χ2n) is 5.87. The van der Waals surface area contributed by atoms with E-state index < -0.39 is 0 Å². The van der Waals surface area contributed by atoms with Crippen LogP contribution in [0.2, 0.25) is 0 Å². The fraction of sp³-hybridized carbons (Fsp3) is 0.917. The molecule has 0 aromatic heterocycles. The molecule has 82 valence electrons. The van der Waals surface area contributed by atoms with Gasteiger partial charge in [0.15, 0.2) is 0 Å². The van der Waals surface area contributed by atoms with Crippen molar-refractivity contribution in [1.29, 1.82) is 0 Å². The van der Waals surface area contributed by atoms with Crippen LogP contribution in [0.3, 0.4) is 0 Å². The highest BCUT2D eigenvalue weighted by Gasteiger charge is 2.41. The highest BCUT2D eigenvalue weighted by Crippen LogP contribution is 2.34. The molecule has 0 aromatic carbocycles. The largest absolute Gasteiger partial charge is 0.368 e. The quantitative estimate of drug-likeness (QED) is 0.685. The molecule has 1 unspecified atom stereocenters. The average Bonchev–Trinajstić information content (AvgIpc) is 1.98. The molecule has 1 N–H and O–H groups in total. The Labute approximate surface area is 88.2 Å². The highest BCUT2D eigenvalue weighted by molar-refractivity contribution is 5.85. The number of nitrogens with zero attached hydrogens (tertiary/aromatic N) is 1. The van der Waals surface area contributed by atoms with Crippen molar-refractivity contribution in [1.82, 2.24) is 5.32 Å². The van der Waals surface area contributed by atoms with Crippen molar-refractivity contribution < 1.29 is 0 Å². The standard InChI is InChI=1S/C12H24N2/c1-8(2)10-13-11(4,5)9(3)12(6,7)14-10/h8-9H,1-7H3,(H,13,14). The Kier molecular flexibility index (Phi) is 2.68. The van der Waals surface area contributed by atoms with Gasteiger partial charge in [-0.05, 0) is 27.7 Å². The van der Waals surface area contributed by atoms with Crippen molar-refractivity contribution in [2.24, 2.45) is 16.8 Å². The van der Waals surface area contributed by atoms with Gasteiger partial charge in [-0.2, -0.15) is 0 Å². The van der Waals surface area contributed by atoms with Gasteiger partial charge >= 0.3 is 0 Å². The molecule has 0 saturated carbocycles. The van der Waals surface area contributed by atoms with Gasteiger partial charge in [0.05, 0.1) is 11.4 Å². The minimum Gasteiger partial charge on any atom is -0.368 e. The summed E-state index contributed by atoms with van der Waals surface area (Å²) in [7, 11) is 0. The van der Waals surface area contributed by atoms with E-state index >= 15 is 0 Å².